The van der Waals surface area contributed by atoms with Gasteiger partial charge in [-0.15, -0.1) is 0 Å². The van der Waals surface area contributed by atoms with Gasteiger partial charge in [-0.2, -0.15) is 0 Å². The number of carbonyl (C=O) groups excluding carboxylic acids is 2. The number of hydrogen-bond donors (Lipinski definition) is 1. The number of carbonyl (C=O) groups is 2. The van der Waals surface area contributed by atoms with Gasteiger partial charge in [-0.1, -0.05) is 31.7 Å². The first-order valence-electron chi connectivity index (χ1n) is 11.3. The van der Waals surface area contributed by atoms with Crippen molar-refractivity contribution in [3.63, 3.8) is 0 Å². The maximum Gasteiger partial charge on any atom is 0.230 e. The average Bonchev–Trinajstić information content (AvgIpc) is 3.11. The molecule has 4 aliphatic carbocycles. The van der Waals surface area contributed by atoms with Crippen LogP contribution in [-0.4, -0.2) is 52.6 Å². The number of aliphatic hydroxyl groups is 1. The summed E-state index contributed by atoms with van der Waals surface area (Å²) in [6.45, 7) is 10.6. The highest BCUT2D eigenvalue weighted by Gasteiger charge is 2.80. The first kappa shape index (κ1) is 22.1. The van der Waals surface area contributed by atoms with E-state index in [4.69, 9.17) is 9.47 Å². The van der Waals surface area contributed by atoms with Crippen LogP contribution in [0.15, 0.2) is 36.0 Å². The van der Waals surface area contributed by atoms with Crippen LogP contribution in [0.2, 0.25) is 0 Å². The Kier molecular flexibility index (Phi) is 4.31. The minimum absolute atomic E-state index is 0.102. The molecule has 5 aliphatic rings. The van der Waals surface area contributed by atoms with Gasteiger partial charge < -0.3 is 14.6 Å². The van der Waals surface area contributed by atoms with Crippen LogP contribution in [0, 0.1) is 22.7 Å². The Morgan fingerprint density at radius 1 is 1.25 bits per heavy atom. The van der Waals surface area contributed by atoms with E-state index in [1.165, 1.54) is 0 Å². The molecule has 0 bridgehead atoms. The second-order valence-corrected chi connectivity index (χ2v) is 11.1. The lowest BCUT2D eigenvalue weighted by Gasteiger charge is -2.63. The van der Waals surface area contributed by atoms with Crippen LogP contribution in [0.3, 0.4) is 0 Å². The van der Waals surface area contributed by atoms with Crippen LogP contribution in [0.1, 0.15) is 47.0 Å². The van der Waals surface area contributed by atoms with Gasteiger partial charge in [0.1, 0.15) is 6.17 Å². The number of Topliss-reactive ketones (excluding diaryl/α,β-unsaturated/α-hetero) is 1. The highest BCUT2D eigenvalue weighted by atomic mass is 19.1. The molecule has 32 heavy (non-hydrogen) atoms. The molecule has 5 nitrogen and oxygen atoms in total. The molecule has 1 N–H and O–H groups in total. The smallest absolute Gasteiger partial charge is 0.230 e. The van der Waals surface area contributed by atoms with Crippen LogP contribution in [0.4, 0.5) is 8.78 Å². The van der Waals surface area contributed by atoms with E-state index in [2.05, 4.69) is 6.58 Å². The average molecular weight is 449 g/mol. The number of ether oxygens (including phenoxy) is 2. The zero-order chi connectivity index (χ0) is 23.5. The highest BCUT2D eigenvalue weighted by Crippen LogP contribution is 2.72. The summed E-state index contributed by atoms with van der Waals surface area (Å²) in [5, 5.41) is 11.4. The molecule has 0 spiro atoms. The summed E-state index contributed by atoms with van der Waals surface area (Å²) in [6.07, 6.45) is 1.43. The molecule has 7 heteroatoms. The van der Waals surface area contributed by atoms with Gasteiger partial charge in [0.05, 0.1) is 12.2 Å². The third-order valence-corrected chi connectivity index (χ3v) is 9.19. The lowest BCUT2D eigenvalue weighted by atomic mass is 9.44. The second-order valence-electron chi connectivity index (χ2n) is 11.1. The summed E-state index contributed by atoms with van der Waals surface area (Å²) >= 11 is 0. The molecular weight excluding hydrogens is 418 g/mol. The Labute approximate surface area is 186 Å². The van der Waals surface area contributed by atoms with Crippen molar-refractivity contribution in [1.29, 1.82) is 0 Å². The molecule has 0 amide bonds. The van der Waals surface area contributed by atoms with E-state index in [9.17, 15) is 14.7 Å². The summed E-state index contributed by atoms with van der Waals surface area (Å²) in [7, 11) is 0. The van der Waals surface area contributed by atoms with E-state index in [0.29, 0.717) is 5.57 Å². The van der Waals surface area contributed by atoms with Crippen molar-refractivity contribution in [3.05, 3.63) is 36.0 Å². The van der Waals surface area contributed by atoms with E-state index in [0.717, 1.165) is 0 Å². The van der Waals surface area contributed by atoms with Gasteiger partial charge >= 0.3 is 0 Å². The van der Waals surface area contributed by atoms with Gasteiger partial charge in [-0.25, -0.2) is 8.78 Å². The number of rotatable bonds is 2. The Bertz CT molecular complexity index is 987. The topological polar surface area (TPSA) is 72.8 Å². The van der Waals surface area contributed by atoms with Crippen molar-refractivity contribution in [2.75, 3.05) is 0 Å². The fourth-order valence-electron chi connectivity index (χ4n) is 7.90. The minimum Gasteiger partial charge on any atom is -0.390 e. The lowest BCUT2D eigenvalue weighted by Crippen LogP contribution is -2.70. The van der Waals surface area contributed by atoms with E-state index in [1.54, 1.807) is 45.9 Å². The molecule has 0 aromatic heterocycles. The van der Waals surface area contributed by atoms with Gasteiger partial charge in [0, 0.05) is 16.7 Å². The van der Waals surface area contributed by atoms with Crippen molar-refractivity contribution in [2.24, 2.45) is 22.7 Å². The molecule has 0 radical (unpaired) electrons. The summed E-state index contributed by atoms with van der Waals surface area (Å²) in [5.74, 6) is -3.29. The first-order chi connectivity index (χ1) is 14.8. The number of allylic oxidation sites excluding steroid dienone is 5. The van der Waals surface area contributed by atoms with Gasteiger partial charge in [0.15, 0.2) is 23.3 Å². The summed E-state index contributed by atoms with van der Waals surface area (Å²) in [5.41, 5.74) is -5.35. The van der Waals surface area contributed by atoms with Crippen molar-refractivity contribution in [1.82, 2.24) is 0 Å². The van der Waals surface area contributed by atoms with Crippen LogP contribution in [0.25, 0.3) is 0 Å². The van der Waals surface area contributed by atoms with Gasteiger partial charge in [-0.05, 0) is 57.1 Å². The SMILES string of the molecule is C=C1C=C[C@@]2(C)C(=C1)[C@@H](F)C[C@H]1[C@@H]3C[C@H]4OC(C)(C)O[C@@]4(C(=O)C=O)[C@@]3(C)C[C@H](O)[C@@]12F. The van der Waals surface area contributed by atoms with Crippen molar-refractivity contribution in [2.45, 2.75) is 82.4 Å². The van der Waals surface area contributed by atoms with E-state index >= 15 is 8.78 Å². The fraction of sp³-hybridized carbons (Fsp3) is 0.680. The van der Waals surface area contributed by atoms with Crippen LogP contribution >= 0.6 is 0 Å². The number of ketones is 1. The molecule has 9 atom stereocenters. The molecule has 0 unspecified atom stereocenters. The van der Waals surface area contributed by atoms with Gasteiger partial charge in [0.2, 0.25) is 5.78 Å². The largest absolute Gasteiger partial charge is 0.390 e. The van der Waals surface area contributed by atoms with Gasteiger partial charge in [0.25, 0.3) is 0 Å². The molecule has 1 aliphatic heterocycles. The summed E-state index contributed by atoms with van der Waals surface area (Å²) in [6, 6.07) is 0. The molecule has 3 saturated carbocycles. The minimum atomic E-state index is -2.15. The molecular formula is C25H30F2O5. The number of aliphatic hydroxyl groups excluding tert-OH is 1. The summed E-state index contributed by atoms with van der Waals surface area (Å²) < 4.78 is 44.9. The van der Waals surface area contributed by atoms with Crippen molar-refractivity contribution in [3.8, 4) is 0 Å². The third kappa shape index (κ3) is 2.27. The quantitative estimate of drug-likeness (QED) is 0.517. The molecule has 1 saturated heterocycles. The zero-order valence-electron chi connectivity index (χ0n) is 18.9. The zero-order valence-corrected chi connectivity index (χ0v) is 18.9. The fourth-order valence-corrected chi connectivity index (χ4v) is 7.90. The lowest BCUT2D eigenvalue weighted by molar-refractivity contribution is -0.247. The first-order valence-corrected chi connectivity index (χ1v) is 11.3. The molecule has 0 aromatic carbocycles. The highest BCUT2D eigenvalue weighted by molar-refractivity contribution is 6.29. The predicted molar refractivity (Wildman–Crippen MR) is 112 cm³/mol. The van der Waals surface area contributed by atoms with E-state index in [1.807, 2.05) is 0 Å². The molecule has 5 rings (SSSR count). The van der Waals surface area contributed by atoms with Crippen molar-refractivity contribution < 1.29 is 33.0 Å². The van der Waals surface area contributed by atoms with Crippen LogP contribution in [-0.2, 0) is 19.1 Å². The third-order valence-electron chi connectivity index (χ3n) is 9.19. The second kappa shape index (κ2) is 6.24. The number of aldehydes is 1. The standard InChI is InChI=1S/C25H30F2O5/c1-13-6-7-22(4)16(8-13)17(26)9-15-14-10-20-25(19(30)12-28,32-21(2,3)31-20)23(14,5)11-18(29)24(15,22)27/h6-8,12,14-15,17-18,20,29H,1,9-11H2,2-5H3/t14-,15-,17-,18-,20+,22-,23-,24-,25+/m0/s1. The van der Waals surface area contributed by atoms with E-state index < -0.39 is 63.9 Å². The number of fused-ring (bicyclic) bond motifs is 7. The molecule has 0 aromatic rings. The maximum atomic E-state index is 17.2. The molecule has 174 valence electrons. The molecule has 1 heterocycles. The monoisotopic (exact) mass is 448 g/mol. The number of halogens is 2. The number of hydrogen-bond acceptors (Lipinski definition) is 5. The normalized spacial score (nSPS) is 53.0. The maximum absolute atomic E-state index is 17.2. The van der Waals surface area contributed by atoms with E-state index in [-0.39, 0.29) is 31.1 Å². The van der Waals surface area contributed by atoms with Crippen molar-refractivity contribution >= 4 is 12.1 Å². The number of alkyl halides is 2. The van der Waals surface area contributed by atoms with Crippen LogP contribution in [0.5, 0.6) is 0 Å². The Morgan fingerprint density at radius 3 is 2.59 bits per heavy atom. The Morgan fingerprint density at radius 2 is 1.94 bits per heavy atom. The Balaban J connectivity index is 1.67. The predicted octanol–water partition coefficient (Wildman–Crippen LogP) is 3.56. The van der Waals surface area contributed by atoms with Crippen LogP contribution < -0.4 is 0 Å². The summed E-state index contributed by atoms with van der Waals surface area (Å²) in [4.78, 5) is 24.8. The molecule has 4 fully saturated rings. The van der Waals surface area contributed by atoms with Gasteiger partial charge in [-0.3, -0.25) is 9.59 Å². The Hall–Kier alpha value is -1.70.